The summed E-state index contributed by atoms with van der Waals surface area (Å²) in [6.07, 6.45) is 3.82. The Labute approximate surface area is 88.9 Å². The third-order valence-electron chi connectivity index (χ3n) is 2.76. The summed E-state index contributed by atoms with van der Waals surface area (Å²) in [7, 11) is 0. The molecule has 1 fully saturated rings. The highest BCUT2D eigenvalue weighted by Gasteiger charge is 2.16. The molecule has 76 valence electrons. The highest BCUT2D eigenvalue weighted by atomic mass is 35.5. The van der Waals surface area contributed by atoms with Gasteiger partial charge in [0.15, 0.2) is 0 Å². The lowest BCUT2D eigenvalue weighted by molar-refractivity contribution is 0.336. The van der Waals surface area contributed by atoms with Crippen molar-refractivity contribution in [3.05, 3.63) is 28.8 Å². The third kappa shape index (κ3) is 2.02. The molecule has 0 spiro atoms. The first-order chi connectivity index (χ1) is 6.77. The van der Waals surface area contributed by atoms with E-state index in [-0.39, 0.29) is 5.75 Å². The van der Waals surface area contributed by atoms with Gasteiger partial charge in [0.2, 0.25) is 0 Å². The molecule has 0 unspecified atom stereocenters. The minimum Gasteiger partial charge on any atom is -0.506 e. The van der Waals surface area contributed by atoms with Crippen molar-refractivity contribution in [2.75, 3.05) is 0 Å². The topological polar surface area (TPSA) is 32.3 Å². The summed E-state index contributed by atoms with van der Waals surface area (Å²) in [5, 5.41) is 13.4. The van der Waals surface area contributed by atoms with Crippen LogP contribution in [0.1, 0.15) is 24.8 Å². The molecular weight excluding hydrogens is 198 g/mol. The summed E-state index contributed by atoms with van der Waals surface area (Å²) in [5.41, 5.74) is 0.879. The summed E-state index contributed by atoms with van der Waals surface area (Å²) >= 11 is 5.80. The van der Waals surface area contributed by atoms with Gasteiger partial charge in [-0.15, -0.1) is 0 Å². The number of benzene rings is 1. The third-order valence-corrected chi connectivity index (χ3v) is 3.06. The monoisotopic (exact) mass is 211 g/mol. The number of phenolic OH excluding ortho intramolecular Hbond substituents is 1. The first kappa shape index (κ1) is 9.81. The van der Waals surface area contributed by atoms with Crippen molar-refractivity contribution in [3.8, 4) is 5.75 Å². The van der Waals surface area contributed by atoms with Crippen molar-refractivity contribution >= 4 is 11.6 Å². The molecule has 1 aromatic carbocycles. The molecular formula is C11H14ClNO. The van der Waals surface area contributed by atoms with E-state index in [1.165, 1.54) is 19.3 Å². The van der Waals surface area contributed by atoms with Crippen molar-refractivity contribution in [1.29, 1.82) is 0 Å². The zero-order chi connectivity index (χ0) is 9.97. The Kier molecular flexibility index (Phi) is 2.94. The van der Waals surface area contributed by atoms with Crippen molar-refractivity contribution in [1.82, 2.24) is 5.32 Å². The minimum atomic E-state index is 0.209. The molecule has 0 heterocycles. The minimum absolute atomic E-state index is 0.209. The maximum Gasteiger partial charge on any atom is 0.138 e. The molecule has 0 atom stereocenters. The summed E-state index contributed by atoms with van der Waals surface area (Å²) in [5.74, 6) is 0.209. The molecule has 0 aliphatic heterocycles. The number of phenols is 1. The van der Waals surface area contributed by atoms with Gasteiger partial charge in [-0.05, 0) is 18.9 Å². The number of nitrogens with one attached hydrogen (secondary N) is 1. The fourth-order valence-corrected chi connectivity index (χ4v) is 1.76. The van der Waals surface area contributed by atoms with Crippen LogP contribution >= 0.6 is 11.6 Å². The van der Waals surface area contributed by atoms with E-state index in [2.05, 4.69) is 5.32 Å². The molecule has 2 nitrogen and oxygen atoms in total. The second-order valence-corrected chi connectivity index (χ2v) is 4.16. The Morgan fingerprint density at radius 2 is 2.21 bits per heavy atom. The molecule has 2 N–H and O–H groups in total. The molecule has 0 saturated heterocycles. The van der Waals surface area contributed by atoms with E-state index in [0.29, 0.717) is 17.6 Å². The fraction of sp³-hybridized carbons (Fsp3) is 0.455. The number of hydrogen-bond donors (Lipinski definition) is 2. The second kappa shape index (κ2) is 4.20. The Bertz CT molecular complexity index is 323. The fourth-order valence-electron chi connectivity index (χ4n) is 1.57. The number of aromatic hydroxyl groups is 1. The van der Waals surface area contributed by atoms with Crippen LogP contribution in [0.4, 0.5) is 0 Å². The molecule has 0 radical (unpaired) electrons. The summed E-state index contributed by atoms with van der Waals surface area (Å²) in [4.78, 5) is 0. The SMILES string of the molecule is Oc1c(Cl)cccc1CNC1CCC1. The summed E-state index contributed by atoms with van der Waals surface area (Å²) < 4.78 is 0. The molecule has 0 amide bonds. The van der Waals surface area contributed by atoms with Gasteiger partial charge in [0, 0.05) is 18.2 Å². The number of para-hydroxylation sites is 1. The van der Waals surface area contributed by atoms with Crippen LogP contribution in [0.25, 0.3) is 0 Å². The average Bonchev–Trinajstić information content (AvgIpc) is 2.09. The van der Waals surface area contributed by atoms with E-state index in [1.807, 2.05) is 12.1 Å². The number of rotatable bonds is 3. The van der Waals surface area contributed by atoms with Gasteiger partial charge in [-0.1, -0.05) is 30.2 Å². The maximum absolute atomic E-state index is 9.63. The van der Waals surface area contributed by atoms with Crippen molar-refractivity contribution in [3.63, 3.8) is 0 Å². The van der Waals surface area contributed by atoms with Gasteiger partial charge in [0.1, 0.15) is 5.75 Å². The van der Waals surface area contributed by atoms with E-state index in [4.69, 9.17) is 11.6 Å². The predicted octanol–water partition coefficient (Wildman–Crippen LogP) is 2.69. The van der Waals surface area contributed by atoms with Gasteiger partial charge in [-0.25, -0.2) is 0 Å². The van der Waals surface area contributed by atoms with Gasteiger partial charge in [0.25, 0.3) is 0 Å². The van der Waals surface area contributed by atoms with Gasteiger partial charge in [0.05, 0.1) is 5.02 Å². The van der Waals surface area contributed by atoms with Gasteiger partial charge in [-0.2, -0.15) is 0 Å². The molecule has 1 aromatic rings. The van der Waals surface area contributed by atoms with E-state index in [0.717, 1.165) is 5.56 Å². The largest absolute Gasteiger partial charge is 0.506 e. The number of hydrogen-bond acceptors (Lipinski definition) is 2. The van der Waals surface area contributed by atoms with Crippen molar-refractivity contribution in [2.45, 2.75) is 31.8 Å². The highest BCUT2D eigenvalue weighted by Crippen LogP contribution is 2.27. The molecule has 2 rings (SSSR count). The molecule has 0 aromatic heterocycles. The smallest absolute Gasteiger partial charge is 0.138 e. The van der Waals surface area contributed by atoms with E-state index in [9.17, 15) is 5.11 Å². The molecule has 1 aliphatic carbocycles. The lowest BCUT2D eigenvalue weighted by Gasteiger charge is -2.26. The standard InChI is InChI=1S/C11H14ClNO/c12-10-6-1-3-8(11(10)14)7-13-9-4-2-5-9/h1,3,6,9,13-14H,2,4-5,7H2. The molecule has 14 heavy (non-hydrogen) atoms. The molecule has 3 heteroatoms. The van der Waals surface area contributed by atoms with Crippen molar-refractivity contribution in [2.24, 2.45) is 0 Å². The average molecular weight is 212 g/mol. The molecule has 1 saturated carbocycles. The molecule has 0 bridgehead atoms. The lowest BCUT2D eigenvalue weighted by Crippen LogP contribution is -2.34. The lowest BCUT2D eigenvalue weighted by atomic mass is 9.93. The quantitative estimate of drug-likeness (QED) is 0.806. The van der Waals surface area contributed by atoms with Crippen molar-refractivity contribution < 1.29 is 5.11 Å². The normalized spacial score (nSPS) is 16.6. The van der Waals surface area contributed by atoms with Crippen LogP contribution in [0.2, 0.25) is 5.02 Å². The van der Waals surface area contributed by atoms with Crippen LogP contribution in [0.15, 0.2) is 18.2 Å². The maximum atomic E-state index is 9.63. The zero-order valence-electron chi connectivity index (χ0n) is 7.96. The zero-order valence-corrected chi connectivity index (χ0v) is 8.72. The van der Waals surface area contributed by atoms with Crippen LogP contribution in [0.5, 0.6) is 5.75 Å². The van der Waals surface area contributed by atoms with E-state index >= 15 is 0 Å². The highest BCUT2D eigenvalue weighted by molar-refractivity contribution is 6.32. The van der Waals surface area contributed by atoms with Crippen LogP contribution in [-0.4, -0.2) is 11.1 Å². The first-order valence-corrected chi connectivity index (χ1v) is 5.35. The number of halogens is 1. The molecule has 1 aliphatic rings. The second-order valence-electron chi connectivity index (χ2n) is 3.76. The Balaban J connectivity index is 1.97. The first-order valence-electron chi connectivity index (χ1n) is 4.97. The Morgan fingerprint density at radius 3 is 2.86 bits per heavy atom. The Hall–Kier alpha value is -0.730. The Morgan fingerprint density at radius 1 is 1.43 bits per heavy atom. The van der Waals surface area contributed by atoms with Crippen LogP contribution in [-0.2, 0) is 6.54 Å². The predicted molar refractivity (Wildman–Crippen MR) is 57.6 cm³/mol. The summed E-state index contributed by atoms with van der Waals surface area (Å²) in [6, 6.07) is 6.09. The van der Waals surface area contributed by atoms with Gasteiger partial charge in [-0.3, -0.25) is 0 Å². The van der Waals surface area contributed by atoms with Gasteiger partial charge < -0.3 is 10.4 Å². The van der Waals surface area contributed by atoms with Crippen LogP contribution < -0.4 is 5.32 Å². The van der Waals surface area contributed by atoms with E-state index < -0.39 is 0 Å². The summed E-state index contributed by atoms with van der Waals surface area (Å²) in [6.45, 7) is 0.705. The van der Waals surface area contributed by atoms with E-state index in [1.54, 1.807) is 6.07 Å². The van der Waals surface area contributed by atoms with Gasteiger partial charge >= 0.3 is 0 Å². The van der Waals surface area contributed by atoms with Crippen LogP contribution in [0.3, 0.4) is 0 Å². The van der Waals surface area contributed by atoms with Crippen LogP contribution in [0, 0.1) is 0 Å².